The molecule has 1 heterocycles. The monoisotopic (exact) mass is 393 g/mol. The first-order valence-electron chi connectivity index (χ1n) is 8.14. The highest BCUT2D eigenvalue weighted by atomic mass is 35.5. The van der Waals surface area contributed by atoms with E-state index in [1.807, 2.05) is 32.9 Å². The van der Waals surface area contributed by atoms with E-state index in [1.54, 1.807) is 23.8 Å². The van der Waals surface area contributed by atoms with Crippen molar-refractivity contribution in [2.75, 3.05) is 13.7 Å². The zero-order valence-corrected chi connectivity index (χ0v) is 16.7. The van der Waals surface area contributed by atoms with E-state index in [4.69, 9.17) is 27.9 Å². The molecule has 1 aromatic heterocycles. The summed E-state index contributed by atoms with van der Waals surface area (Å²) in [5, 5.41) is 3.62. The van der Waals surface area contributed by atoms with Crippen LogP contribution in [0.15, 0.2) is 24.3 Å². The number of carbonyl (C=O) groups is 1. The lowest BCUT2D eigenvalue weighted by Crippen LogP contribution is -2.26. The third-order valence-corrected chi connectivity index (χ3v) is 4.26. The average Bonchev–Trinajstić information content (AvgIpc) is 2.91. The molecule has 0 saturated carbocycles. The van der Waals surface area contributed by atoms with Gasteiger partial charge in [-0.1, -0.05) is 29.7 Å². The van der Waals surface area contributed by atoms with Gasteiger partial charge >= 0.3 is 0 Å². The quantitative estimate of drug-likeness (QED) is 0.786. The summed E-state index contributed by atoms with van der Waals surface area (Å²) in [7, 11) is 1.57. The topological polar surface area (TPSA) is 56.1 Å². The number of imidazole rings is 1. The Morgan fingerprint density at radius 3 is 2.54 bits per heavy atom. The molecule has 0 unspecified atom stereocenters. The Morgan fingerprint density at radius 1 is 1.31 bits per heavy atom. The van der Waals surface area contributed by atoms with Crippen molar-refractivity contribution in [2.24, 2.45) is 0 Å². The Balaban J connectivity index is 2.49. The summed E-state index contributed by atoms with van der Waals surface area (Å²) < 4.78 is 6.94. The minimum absolute atomic E-state index is 0.195. The first-order chi connectivity index (χ1) is 12.3. The van der Waals surface area contributed by atoms with Crippen LogP contribution in [-0.2, 0) is 11.3 Å². The van der Waals surface area contributed by atoms with Crippen LogP contribution in [0, 0.1) is 11.8 Å². The van der Waals surface area contributed by atoms with E-state index in [1.165, 1.54) is 0 Å². The van der Waals surface area contributed by atoms with Gasteiger partial charge in [-0.05, 0) is 56.0 Å². The number of carbonyl (C=O) groups excluding carboxylic acids is 1. The predicted molar refractivity (Wildman–Crippen MR) is 104 cm³/mol. The molecule has 0 bridgehead atoms. The normalized spacial score (nSPS) is 11.0. The van der Waals surface area contributed by atoms with Crippen molar-refractivity contribution < 1.29 is 9.53 Å². The standard InChI is InChI=1S/C19H21Cl2N3O2/c1-5-22-17(25)16-15(10-11-19(2,3)26-4)23-18(21)24(16)12-13-6-8-14(20)9-7-13/h6-9H,5,12H2,1-4H3,(H,22,25). The summed E-state index contributed by atoms with van der Waals surface area (Å²) in [5.74, 6) is 5.62. The van der Waals surface area contributed by atoms with Gasteiger partial charge in [0.05, 0.1) is 6.54 Å². The van der Waals surface area contributed by atoms with Crippen LogP contribution >= 0.6 is 23.2 Å². The minimum atomic E-state index is -0.662. The van der Waals surface area contributed by atoms with Gasteiger partial charge in [-0.3, -0.25) is 4.79 Å². The van der Waals surface area contributed by atoms with Crippen molar-refractivity contribution in [1.29, 1.82) is 0 Å². The Kier molecular flexibility index (Phi) is 6.71. The van der Waals surface area contributed by atoms with E-state index in [-0.39, 0.29) is 11.2 Å². The molecular formula is C19H21Cl2N3O2. The van der Waals surface area contributed by atoms with Crippen LogP contribution in [-0.4, -0.2) is 34.7 Å². The molecule has 0 spiro atoms. The Morgan fingerprint density at radius 2 is 1.96 bits per heavy atom. The highest BCUT2D eigenvalue weighted by Crippen LogP contribution is 2.20. The Labute approximate surface area is 163 Å². The Hall–Kier alpha value is -2.00. The number of nitrogens with zero attached hydrogens (tertiary/aromatic N) is 2. The highest BCUT2D eigenvalue weighted by molar-refractivity contribution is 6.30. The van der Waals surface area contributed by atoms with Crippen LogP contribution in [0.4, 0.5) is 0 Å². The maximum absolute atomic E-state index is 12.6. The van der Waals surface area contributed by atoms with Gasteiger partial charge in [0.2, 0.25) is 5.28 Å². The average molecular weight is 394 g/mol. The van der Waals surface area contributed by atoms with Crippen LogP contribution in [0.25, 0.3) is 0 Å². The molecule has 0 fully saturated rings. The van der Waals surface area contributed by atoms with Crippen molar-refractivity contribution in [2.45, 2.75) is 32.9 Å². The van der Waals surface area contributed by atoms with E-state index < -0.39 is 5.60 Å². The molecule has 1 N–H and O–H groups in total. The second kappa shape index (κ2) is 8.59. The highest BCUT2D eigenvalue weighted by Gasteiger charge is 2.22. The molecule has 2 rings (SSSR count). The molecule has 26 heavy (non-hydrogen) atoms. The maximum atomic E-state index is 12.6. The van der Waals surface area contributed by atoms with Crippen molar-refractivity contribution in [3.8, 4) is 11.8 Å². The lowest BCUT2D eigenvalue weighted by Gasteiger charge is -2.14. The number of nitrogens with one attached hydrogen (secondary N) is 1. The smallest absolute Gasteiger partial charge is 0.270 e. The summed E-state index contributed by atoms with van der Waals surface area (Å²) in [6, 6.07) is 7.32. The van der Waals surface area contributed by atoms with Crippen molar-refractivity contribution in [3.63, 3.8) is 0 Å². The lowest BCUT2D eigenvalue weighted by molar-refractivity contribution is 0.0741. The largest absolute Gasteiger partial charge is 0.366 e. The van der Waals surface area contributed by atoms with Gasteiger partial charge in [0, 0.05) is 18.7 Å². The number of amides is 1. The third-order valence-electron chi connectivity index (χ3n) is 3.72. The number of hydrogen-bond acceptors (Lipinski definition) is 3. The van der Waals surface area contributed by atoms with Crippen molar-refractivity contribution in [3.05, 3.63) is 51.5 Å². The maximum Gasteiger partial charge on any atom is 0.270 e. The van der Waals surface area contributed by atoms with Gasteiger partial charge in [0.15, 0.2) is 0 Å². The molecule has 0 atom stereocenters. The number of aromatic nitrogens is 2. The molecule has 2 aromatic rings. The summed E-state index contributed by atoms with van der Waals surface area (Å²) in [4.78, 5) is 16.9. The fraction of sp³-hybridized carbons (Fsp3) is 0.368. The molecule has 138 valence electrons. The number of methoxy groups -OCH3 is 1. The van der Waals surface area contributed by atoms with E-state index in [0.29, 0.717) is 29.5 Å². The number of benzene rings is 1. The fourth-order valence-corrected chi connectivity index (χ4v) is 2.52. The zero-order chi connectivity index (χ0) is 19.3. The van der Waals surface area contributed by atoms with Gasteiger partial charge in [0.1, 0.15) is 17.0 Å². The fourth-order valence-electron chi connectivity index (χ4n) is 2.16. The molecule has 1 aromatic carbocycles. The van der Waals surface area contributed by atoms with E-state index in [2.05, 4.69) is 22.1 Å². The Bertz CT molecular complexity index is 846. The molecule has 0 aliphatic heterocycles. The van der Waals surface area contributed by atoms with E-state index >= 15 is 0 Å². The number of halogens is 2. The summed E-state index contributed by atoms with van der Waals surface area (Å²) in [6.07, 6.45) is 0. The van der Waals surface area contributed by atoms with Crippen LogP contribution in [0.3, 0.4) is 0 Å². The predicted octanol–water partition coefficient (Wildman–Crippen LogP) is 3.76. The molecular weight excluding hydrogens is 373 g/mol. The van der Waals surface area contributed by atoms with Crippen LogP contribution < -0.4 is 5.32 Å². The first-order valence-corrected chi connectivity index (χ1v) is 8.90. The number of hydrogen-bond donors (Lipinski definition) is 1. The molecule has 7 heteroatoms. The van der Waals surface area contributed by atoms with Crippen LogP contribution in [0.1, 0.15) is 42.5 Å². The SMILES string of the molecule is CCNC(=O)c1c(C#CC(C)(C)OC)nc(Cl)n1Cc1ccc(Cl)cc1. The van der Waals surface area contributed by atoms with Crippen LogP contribution in [0.2, 0.25) is 10.3 Å². The van der Waals surface area contributed by atoms with E-state index in [0.717, 1.165) is 5.56 Å². The van der Waals surface area contributed by atoms with Crippen LogP contribution in [0.5, 0.6) is 0 Å². The first kappa shape index (κ1) is 20.3. The third kappa shape index (κ3) is 5.01. The number of rotatable bonds is 5. The molecule has 0 saturated heterocycles. The zero-order valence-electron chi connectivity index (χ0n) is 15.2. The van der Waals surface area contributed by atoms with Gasteiger partial charge in [-0.15, -0.1) is 0 Å². The minimum Gasteiger partial charge on any atom is -0.366 e. The summed E-state index contributed by atoms with van der Waals surface area (Å²) in [6.45, 7) is 6.37. The number of ether oxygens (including phenoxy) is 1. The van der Waals surface area contributed by atoms with Crippen molar-refractivity contribution >= 4 is 29.1 Å². The second-order valence-corrected chi connectivity index (χ2v) is 6.89. The van der Waals surface area contributed by atoms with Gasteiger partial charge in [-0.2, -0.15) is 0 Å². The summed E-state index contributed by atoms with van der Waals surface area (Å²) >= 11 is 12.2. The van der Waals surface area contributed by atoms with Gasteiger partial charge in [0.25, 0.3) is 5.91 Å². The molecule has 0 aliphatic carbocycles. The van der Waals surface area contributed by atoms with Gasteiger partial charge < -0.3 is 14.6 Å². The summed E-state index contributed by atoms with van der Waals surface area (Å²) in [5.41, 5.74) is 0.924. The molecule has 5 nitrogen and oxygen atoms in total. The van der Waals surface area contributed by atoms with E-state index in [9.17, 15) is 4.79 Å². The second-order valence-electron chi connectivity index (χ2n) is 6.11. The van der Waals surface area contributed by atoms with Gasteiger partial charge in [-0.25, -0.2) is 4.98 Å². The molecule has 0 radical (unpaired) electrons. The van der Waals surface area contributed by atoms with Crippen molar-refractivity contribution in [1.82, 2.24) is 14.9 Å². The lowest BCUT2D eigenvalue weighted by atomic mass is 10.1. The molecule has 0 aliphatic rings. The molecule has 1 amide bonds.